The number of hydrogen-bond acceptors (Lipinski definition) is 3. The molecule has 0 spiro atoms. The molecule has 1 aromatic carbocycles. The maximum absolute atomic E-state index is 6.02. The molecule has 3 nitrogen and oxygen atoms in total. The molecule has 0 radical (unpaired) electrons. The van der Waals surface area contributed by atoms with E-state index < -0.39 is 0 Å². The minimum absolute atomic E-state index is 0.105. The quantitative estimate of drug-likeness (QED) is 0.706. The molecule has 1 atom stereocenters. The van der Waals surface area contributed by atoms with Crippen LogP contribution in [0.25, 0.3) is 0 Å². The van der Waals surface area contributed by atoms with Crippen LogP contribution in [0.2, 0.25) is 0 Å². The maximum Gasteiger partial charge on any atom is 0.0960 e. The van der Waals surface area contributed by atoms with Gasteiger partial charge in [-0.25, -0.2) is 0 Å². The normalized spacial score (nSPS) is 16.5. The molecule has 1 fully saturated rings. The van der Waals surface area contributed by atoms with Crippen molar-refractivity contribution in [3.05, 3.63) is 34.3 Å². The predicted molar refractivity (Wildman–Crippen MR) is 80.4 cm³/mol. The van der Waals surface area contributed by atoms with E-state index in [1.807, 2.05) is 6.07 Å². The van der Waals surface area contributed by atoms with Gasteiger partial charge in [0.05, 0.1) is 6.10 Å². The number of rotatable bonds is 9. The fourth-order valence-corrected chi connectivity index (χ4v) is 2.52. The highest BCUT2D eigenvalue weighted by Crippen LogP contribution is 2.27. The molecule has 4 heteroatoms. The van der Waals surface area contributed by atoms with Gasteiger partial charge in [-0.3, -0.25) is 0 Å². The number of halogens is 1. The van der Waals surface area contributed by atoms with E-state index in [4.69, 9.17) is 9.47 Å². The molecule has 1 aliphatic rings. The number of methoxy groups -OCH3 is 1. The van der Waals surface area contributed by atoms with Gasteiger partial charge in [0.2, 0.25) is 0 Å². The van der Waals surface area contributed by atoms with Crippen LogP contribution in [0, 0.1) is 0 Å². The Labute approximate surface area is 123 Å². The first kappa shape index (κ1) is 15.0. The van der Waals surface area contributed by atoms with Crippen LogP contribution in [0.1, 0.15) is 30.9 Å². The molecule has 0 aliphatic heterocycles. The Balaban J connectivity index is 1.90. The van der Waals surface area contributed by atoms with Gasteiger partial charge in [-0.05, 0) is 30.9 Å². The fourth-order valence-electron chi connectivity index (χ4n) is 1.98. The summed E-state index contributed by atoms with van der Waals surface area (Å²) in [7, 11) is 1.72. The van der Waals surface area contributed by atoms with E-state index in [2.05, 4.69) is 39.4 Å². The Morgan fingerprint density at radius 2 is 2.11 bits per heavy atom. The van der Waals surface area contributed by atoms with Gasteiger partial charge < -0.3 is 14.8 Å². The first-order valence-corrected chi connectivity index (χ1v) is 7.69. The first-order chi connectivity index (χ1) is 9.31. The van der Waals surface area contributed by atoms with Crippen molar-refractivity contribution in [2.24, 2.45) is 0 Å². The van der Waals surface area contributed by atoms with Crippen LogP contribution in [0.5, 0.6) is 0 Å². The third-order valence-corrected chi connectivity index (χ3v) is 3.96. The number of ether oxygens (including phenoxy) is 2. The average Bonchev–Trinajstić information content (AvgIpc) is 3.23. The molecule has 1 N–H and O–H groups in total. The second-order valence-electron chi connectivity index (χ2n) is 4.91. The lowest BCUT2D eigenvalue weighted by molar-refractivity contribution is 0.0382. The Hall–Kier alpha value is -0.420. The molecule has 2 rings (SSSR count). The highest BCUT2D eigenvalue weighted by atomic mass is 79.9. The summed E-state index contributed by atoms with van der Waals surface area (Å²) in [6, 6.07) is 8.98. The molecule has 1 unspecified atom stereocenters. The third-order valence-electron chi connectivity index (χ3n) is 3.23. The fraction of sp³-hybridized carbons (Fsp3) is 0.600. The van der Waals surface area contributed by atoms with Crippen LogP contribution >= 0.6 is 15.9 Å². The molecule has 1 aliphatic carbocycles. The smallest absolute Gasteiger partial charge is 0.0960 e. The van der Waals surface area contributed by atoms with Crippen molar-refractivity contribution in [2.45, 2.75) is 31.4 Å². The van der Waals surface area contributed by atoms with Gasteiger partial charge in [0.15, 0.2) is 0 Å². The Morgan fingerprint density at radius 3 is 2.79 bits per heavy atom. The molecule has 0 amide bonds. The Morgan fingerprint density at radius 1 is 1.32 bits per heavy atom. The molecule has 0 bridgehead atoms. The highest BCUT2D eigenvalue weighted by Gasteiger charge is 2.23. The zero-order valence-corrected chi connectivity index (χ0v) is 13.0. The zero-order chi connectivity index (χ0) is 13.5. The van der Waals surface area contributed by atoms with Crippen LogP contribution in [0.4, 0.5) is 0 Å². The van der Waals surface area contributed by atoms with Gasteiger partial charge in [-0.1, -0.05) is 34.1 Å². The summed E-state index contributed by atoms with van der Waals surface area (Å²) in [5.74, 6) is 0. The van der Waals surface area contributed by atoms with E-state index in [0.29, 0.717) is 6.04 Å². The molecular weight excluding hydrogens is 306 g/mol. The third kappa shape index (κ3) is 5.22. The lowest BCUT2D eigenvalue weighted by atomic mass is 10.1. The maximum atomic E-state index is 6.02. The molecule has 19 heavy (non-hydrogen) atoms. The molecular formula is C15H22BrNO2. The molecule has 106 valence electrons. The van der Waals surface area contributed by atoms with E-state index in [0.717, 1.165) is 30.7 Å². The highest BCUT2D eigenvalue weighted by molar-refractivity contribution is 9.10. The van der Waals surface area contributed by atoms with Crippen LogP contribution < -0.4 is 5.32 Å². The molecule has 0 heterocycles. The summed E-state index contributed by atoms with van der Waals surface area (Å²) in [4.78, 5) is 0. The van der Waals surface area contributed by atoms with Gasteiger partial charge in [0.1, 0.15) is 0 Å². The van der Waals surface area contributed by atoms with Gasteiger partial charge in [-0.15, -0.1) is 0 Å². The van der Waals surface area contributed by atoms with Gasteiger partial charge >= 0.3 is 0 Å². The van der Waals surface area contributed by atoms with E-state index in [1.54, 1.807) is 7.11 Å². The van der Waals surface area contributed by atoms with Crippen molar-refractivity contribution in [1.29, 1.82) is 0 Å². The van der Waals surface area contributed by atoms with Gasteiger partial charge in [-0.2, -0.15) is 0 Å². The summed E-state index contributed by atoms with van der Waals surface area (Å²) in [6.45, 7) is 2.35. The summed E-state index contributed by atoms with van der Waals surface area (Å²) >= 11 is 3.61. The van der Waals surface area contributed by atoms with Crippen molar-refractivity contribution in [1.82, 2.24) is 5.32 Å². The zero-order valence-electron chi connectivity index (χ0n) is 11.4. The van der Waals surface area contributed by atoms with Crippen molar-refractivity contribution < 1.29 is 9.47 Å². The van der Waals surface area contributed by atoms with E-state index in [1.165, 1.54) is 18.4 Å². The van der Waals surface area contributed by atoms with Crippen molar-refractivity contribution in [3.63, 3.8) is 0 Å². The summed E-state index contributed by atoms with van der Waals surface area (Å²) < 4.78 is 12.2. The first-order valence-electron chi connectivity index (χ1n) is 6.89. The average molecular weight is 328 g/mol. The van der Waals surface area contributed by atoms with Crippen LogP contribution in [-0.2, 0) is 9.47 Å². The number of nitrogens with one attached hydrogen (secondary N) is 1. The van der Waals surface area contributed by atoms with Crippen molar-refractivity contribution in [3.8, 4) is 0 Å². The summed E-state index contributed by atoms with van der Waals surface area (Å²) in [6.07, 6.45) is 3.63. The molecule has 1 saturated carbocycles. The van der Waals surface area contributed by atoms with Crippen LogP contribution in [-0.4, -0.2) is 32.9 Å². The van der Waals surface area contributed by atoms with Gasteiger partial charge in [0, 0.05) is 37.4 Å². The van der Waals surface area contributed by atoms with Crippen molar-refractivity contribution >= 4 is 15.9 Å². The molecule has 0 aromatic heterocycles. The second kappa shape index (κ2) is 8.00. The minimum atomic E-state index is 0.105. The summed E-state index contributed by atoms with van der Waals surface area (Å²) in [5.41, 5.74) is 1.22. The standard InChI is InChI=1S/C15H22BrNO2/c1-18-9-4-10-19-15(11-17-12-7-8-12)13-5-2-3-6-14(13)16/h2-3,5-6,12,15,17H,4,7-11H2,1H3. The van der Waals surface area contributed by atoms with E-state index in [9.17, 15) is 0 Å². The topological polar surface area (TPSA) is 30.5 Å². The molecule has 1 aromatic rings. The number of benzene rings is 1. The van der Waals surface area contributed by atoms with Crippen LogP contribution in [0.3, 0.4) is 0 Å². The molecule has 0 saturated heterocycles. The lowest BCUT2D eigenvalue weighted by Gasteiger charge is -2.20. The van der Waals surface area contributed by atoms with E-state index >= 15 is 0 Å². The van der Waals surface area contributed by atoms with Gasteiger partial charge in [0.25, 0.3) is 0 Å². The Bertz CT molecular complexity index is 382. The second-order valence-corrected chi connectivity index (χ2v) is 5.76. The predicted octanol–water partition coefficient (Wildman–Crippen LogP) is 3.30. The Kier molecular flexibility index (Phi) is 6.31. The summed E-state index contributed by atoms with van der Waals surface area (Å²) in [5, 5.41) is 3.55. The van der Waals surface area contributed by atoms with Crippen LogP contribution in [0.15, 0.2) is 28.7 Å². The van der Waals surface area contributed by atoms with E-state index in [-0.39, 0.29) is 6.10 Å². The minimum Gasteiger partial charge on any atom is -0.385 e. The largest absolute Gasteiger partial charge is 0.385 e. The monoisotopic (exact) mass is 327 g/mol. The number of hydrogen-bond donors (Lipinski definition) is 1. The SMILES string of the molecule is COCCCOC(CNC1CC1)c1ccccc1Br. The van der Waals surface area contributed by atoms with Crippen molar-refractivity contribution in [2.75, 3.05) is 26.9 Å². The lowest BCUT2D eigenvalue weighted by Crippen LogP contribution is -2.25.